The summed E-state index contributed by atoms with van der Waals surface area (Å²) in [4.78, 5) is 0. The summed E-state index contributed by atoms with van der Waals surface area (Å²) in [5.41, 5.74) is 1.33. The fraction of sp³-hybridized carbons (Fsp3) is 0.0588. The average molecular weight is 250 g/mol. The predicted molar refractivity (Wildman–Crippen MR) is 76.1 cm³/mol. The van der Waals surface area contributed by atoms with Crippen LogP contribution in [0, 0.1) is 0 Å². The van der Waals surface area contributed by atoms with Gasteiger partial charge in [0.15, 0.2) is 0 Å². The minimum absolute atomic E-state index is 0.120. The van der Waals surface area contributed by atoms with E-state index in [9.17, 15) is 10.2 Å². The predicted octanol–water partition coefficient (Wildman–Crippen LogP) is 3.63. The molecule has 0 aliphatic carbocycles. The average Bonchev–Trinajstić information content (AvgIpc) is 2.47. The Morgan fingerprint density at radius 2 is 1.42 bits per heavy atom. The zero-order chi connectivity index (χ0) is 13.2. The molecule has 0 radical (unpaired) electrons. The summed E-state index contributed by atoms with van der Waals surface area (Å²) >= 11 is 0. The van der Waals surface area contributed by atoms with Gasteiger partial charge in [0.05, 0.1) is 0 Å². The molecule has 0 saturated carbocycles. The Hall–Kier alpha value is -2.32. The Morgan fingerprint density at radius 1 is 0.737 bits per heavy atom. The van der Waals surface area contributed by atoms with Crippen molar-refractivity contribution in [2.45, 2.75) is 6.10 Å². The second kappa shape index (κ2) is 4.75. The maximum atomic E-state index is 10.5. The Morgan fingerprint density at radius 3 is 2.21 bits per heavy atom. The molecule has 0 aliphatic heterocycles. The third-order valence-corrected chi connectivity index (χ3v) is 3.34. The first kappa shape index (κ1) is 11.8. The first-order valence-electron chi connectivity index (χ1n) is 6.21. The van der Waals surface area contributed by atoms with Crippen molar-refractivity contribution in [2.24, 2.45) is 0 Å². The zero-order valence-electron chi connectivity index (χ0n) is 10.3. The van der Waals surface area contributed by atoms with Gasteiger partial charge in [0.2, 0.25) is 0 Å². The van der Waals surface area contributed by atoms with Gasteiger partial charge >= 0.3 is 0 Å². The smallest absolute Gasteiger partial charge is 0.122 e. The molecule has 19 heavy (non-hydrogen) atoms. The molecule has 1 unspecified atom stereocenters. The molecule has 0 bridgehead atoms. The van der Waals surface area contributed by atoms with Crippen LogP contribution in [0.15, 0.2) is 66.7 Å². The summed E-state index contributed by atoms with van der Waals surface area (Å²) < 4.78 is 0. The number of hydrogen-bond donors (Lipinski definition) is 2. The lowest BCUT2D eigenvalue weighted by molar-refractivity contribution is 0.217. The number of phenols is 1. The van der Waals surface area contributed by atoms with Crippen LogP contribution in [0.1, 0.15) is 17.2 Å². The van der Waals surface area contributed by atoms with Crippen LogP contribution in [0.2, 0.25) is 0 Å². The molecule has 3 aromatic carbocycles. The highest BCUT2D eigenvalue weighted by molar-refractivity contribution is 5.88. The third-order valence-electron chi connectivity index (χ3n) is 3.34. The maximum Gasteiger partial charge on any atom is 0.122 e. The summed E-state index contributed by atoms with van der Waals surface area (Å²) in [5, 5.41) is 22.5. The number of fused-ring (bicyclic) bond motifs is 1. The van der Waals surface area contributed by atoms with E-state index in [0.717, 1.165) is 16.3 Å². The van der Waals surface area contributed by atoms with Crippen molar-refractivity contribution >= 4 is 10.8 Å². The van der Waals surface area contributed by atoms with E-state index in [1.54, 1.807) is 6.07 Å². The molecule has 2 heteroatoms. The quantitative estimate of drug-likeness (QED) is 0.729. The van der Waals surface area contributed by atoms with Gasteiger partial charge in [-0.25, -0.2) is 0 Å². The molecule has 94 valence electrons. The SMILES string of the molecule is Oc1ccc2ccccc2c1C(O)c1ccccc1. The molecule has 2 N–H and O–H groups in total. The minimum Gasteiger partial charge on any atom is -0.508 e. The Bertz CT molecular complexity index is 705. The number of benzene rings is 3. The first-order valence-corrected chi connectivity index (χ1v) is 6.21. The van der Waals surface area contributed by atoms with E-state index in [2.05, 4.69) is 0 Å². The first-order chi connectivity index (χ1) is 9.27. The van der Waals surface area contributed by atoms with Gasteiger partial charge in [-0.2, -0.15) is 0 Å². The summed E-state index contributed by atoms with van der Waals surface area (Å²) in [6.45, 7) is 0. The van der Waals surface area contributed by atoms with Gasteiger partial charge < -0.3 is 10.2 Å². The number of aliphatic hydroxyl groups is 1. The van der Waals surface area contributed by atoms with Gasteiger partial charge in [-0.05, 0) is 22.4 Å². The molecule has 0 aliphatic rings. The lowest BCUT2D eigenvalue weighted by atomic mass is 9.95. The molecule has 0 saturated heterocycles. The summed E-state index contributed by atoms with van der Waals surface area (Å²) in [6.07, 6.45) is -0.827. The van der Waals surface area contributed by atoms with Crippen molar-refractivity contribution in [3.63, 3.8) is 0 Å². The number of hydrogen-bond acceptors (Lipinski definition) is 2. The van der Waals surface area contributed by atoms with Crippen molar-refractivity contribution in [2.75, 3.05) is 0 Å². The van der Waals surface area contributed by atoms with E-state index in [1.165, 1.54) is 0 Å². The van der Waals surface area contributed by atoms with E-state index in [0.29, 0.717) is 5.56 Å². The van der Waals surface area contributed by atoms with Crippen LogP contribution in [0.5, 0.6) is 5.75 Å². The van der Waals surface area contributed by atoms with Crippen molar-refractivity contribution in [3.8, 4) is 5.75 Å². The van der Waals surface area contributed by atoms with Crippen LogP contribution < -0.4 is 0 Å². The lowest BCUT2D eigenvalue weighted by Gasteiger charge is -2.15. The topological polar surface area (TPSA) is 40.5 Å². The summed E-state index contributed by atoms with van der Waals surface area (Å²) in [5.74, 6) is 0.120. The van der Waals surface area contributed by atoms with E-state index in [4.69, 9.17) is 0 Å². The van der Waals surface area contributed by atoms with Gasteiger partial charge in [0.1, 0.15) is 11.9 Å². The van der Waals surface area contributed by atoms with Gasteiger partial charge in [0.25, 0.3) is 0 Å². The number of phenolic OH excluding ortho intramolecular Hbond substituents is 1. The molecule has 0 fully saturated rings. The number of aliphatic hydroxyl groups excluding tert-OH is 1. The fourth-order valence-corrected chi connectivity index (χ4v) is 2.37. The molecular weight excluding hydrogens is 236 g/mol. The molecule has 0 aromatic heterocycles. The summed E-state index contributed by atoms with van der Waals surface area (Å²) in [7, 11) is 0. The summed E-state index contributed by atoms with van der Waals surface area (Å²) in [6, 6.07) is 20.6. The second-order valence-corrected chi connectivity index (χ2v) is 4.53. The molecule has 1 atom stereocenters. The number of rotatable bonds is 2. The number of aromatic hydroxyl groups is 1. The van der Waals surface area contributed by atoms with Crippen LogP contribution in [0.3, 0.4) is 0 Å². The molecular formula is C17H14O2. The van der Waals surface area contributed by atoms with E-state index >= 15 is 0 Å². The van der Waals surface area contributed by atoms with Crippen LogP contribution in [-0.2, 0) is 0 Å². The van der Waals surface area contributed by atoms with E-state index in [1.807, 2.05) is 60.7 Å². The molecule has 3 rings (SSSR count). The zero-order valence-corrected chi connectivity index (χ0v) is 10.3. The molecule has 2 nitrogen and oxygen atoms in total. The molecule has 0 spiro atoms. The monoisotopic (exact) mass is 250 g/mol. The van der Waals surface area contributed by atoms with Gasteiger partial charge in [-0.3, -0.25) is 0 Å². The van der Waals surface area contributed by atoms with Crippen LogP contribution in [0.25, 0.3) is 10.8 Å². The lowest BCUT2D eigenvalue weighted by Crippen LogP contribution is -2.00. The van der Waals surface area contributed by atoms with Crippen LogP contribution in [0.4, 0.5) is 0 Å². The van der Waals surface area contributed by atoms with Gasteiger partial charge in [-0.1, -0.05) is 60.7 Å². The van der Waals surface area contributed by atoms with Crippen molar-refractivity contribution in [1.82, 2.24) is 0 Å². The second-order valence-electron chi connectivity index (χ2n) is 4.53. The molecule has 3 aromatic rings. The van der Waals surface area contributed by atoms with Crippen LogP contribution >= 0.6 is 0 Å². The Balaban J connectivity index is 2.22. The van der Waals surface area contributed by atoms with Gasteiger partial charge in [0, 0.05) is 5.56 Å². The highest BCUT2D eigenvalue weighted by atomic mass is 16.3. The van der Waals surface area contributed by atoms with E-state index in [-0.39, 0.29) is 5.75 Å². The third kappa shape index (κ3) is 2.07. The van der Waals surface area contributed by atoms with E-state index < -0.39 is 6.10 Å². The maximum absolute atomic E-state index is 10.5. The van der Waals surface area contributed by atoms with Crippen molar-refractivity contribution < 1.29 is 10.2 Å². The van der Waals surface area contributed by atoms with Crippen molar-refractivity contribution in [1.29, 1.82) is 0 Å². The molecule has 0 amide bonds. The van der Waals surface area contributed by atoms with Gasteiger partial charge in [-0.15, -0.1) is 0 Å². The standard InChI is InChI=1S/C17H14O2/c18-15-11-10-12-6-4-5-9-14(12)16(15)17(19)13-7-2-1-3-8-13/h1-11,17-19H. The Kier molecular flexibility index (Phi) is 2.94. The fourth-order valence-electron chi connectivity index (χ4n) is 2.37. The van der Waals surface area contributed by atoms with Crippen LogP contribution in [-0.4, -0.2) is 10.2 Å². The normalized spacial score (nSPS) is 12.5. The minimum atomic E-state index is -0.827. The highest BCUT2D eigenvalue weighted by Gasteiger charge is 2.17. The molecule has 0 heterocycles. The van der Waals surface area contributed by atoms with Crippen molar-refractivity contribution in [3.05, 3.63) is 77.9 Å². The highest BCUT2D eigenvalue weighted by Crippen LogP contribution is 2.35. The largest absolute Gasteiger partial charge is 0.508 e. The Labute approximate surface area is 111 Å².